The van der Waals surface area contributed by atoms with Crippen LogP contribution in [0.5, 0.6) is 5.75 Å². The Morgan fingerprint density at radius 2 is 2.00 bits per heavy atom. The van der Waals surface area contributed by atoms with Crippen molar-refractivity contribution in [1.29, 1.82) is 0 Å². The number of carbonyl (C=O) groups is 2. The van der Waals surface area contributed by atoms with Crippen molar-refractivity contribution >= 4 is 23.4 Å². The van der Waals surface area contributed by atoms with Crippen LogP contribution in [0.1, 0.15) is 39.5 Å². The smallest absolute Gasteiger partial charge is 0.260 e. The number of nitrogens with zero attached hydrogens (tertiary/aromatic N) is 2. The number of carbonyl (C=O) groups excluding carboxylic acids is 2. The zero-order chi connectivity index (χ0) is 19.6. The van der Waals surface area contributed by atoms with E-state index in [1.807, 2.05) is 9.80 Å². The summed E-state index contributed by atoms with van der Waals surface area (Å²) in [6.07, 6.45) is 3.30. The van der Waals surface area contributed by atoms with Gasteiger partial charge >= 0.3 is 0 Å². The van der Waals surface area contributed by atoms with Gasteiger partial charge in [-0.25, -0.2) is 4.39 Å². The van der Waals surface area contributed by atoms with E-state index in [9.17, 15) is 14.0 Å². The van der Waals surface area contributed by atoms with E-state index in [1.54, 1.807) is 0 Å². The van der Waals surface area contributed by atoms with E-state index in [0.717, 1.165) is 25.8 Å². The van der Waals surface area contributed by atoms with Gasteiger partial charge in [-0.15, -0.1) is 0 Å². The second kappa shape index (κ2) is 8.05. The number of rotatable bonds is 4. The first-order valence-electron chi connectivity index (χ1n) is 9.45. The van der Waals surface area contributed by atoms with Crippen molar-refractivity contribution < 1.29 is 18.7 Å². The summed E-state index contributed by atoms with van der Waals surface area (Å²) >= 11 is 5.73. The standard InChI is InChI=1S/C20H26ClFN2O3/c1-14(2)24-13-20(6-5-18(24)25)7-9-23(10-8-20)19(26)12-27-15-3-4-17(22)16(21)11-15/h3-4,11,14H,5-10,12-13H2,1-2H3. The second-order valence-corrected chi connectivity index (χ2v) is 8.27. The third-order valence-corrected chi connectivity index (χ3v) is 6.04. The van der Waals surface area contributed by atoms with Crippen LogP contribution >= 0.6 is 11.6 Å². The second-order valence-electron chi connectivity index (χ2n) is 7.86. The number of hydrogen-bond donors (Lipinski definition) is 0. The number of likely N-dealkylation sites (tertiary alicyclic amines) is 2. The molecular formula is C20H26ClFN2O3. The van der Waals surface area contributed by atoms with E-state index in [0.29, 0.717) is 25.3 Å². The monoisotopic (exact) mass is 396 g/mol. The molecule has 0 radical (unpaired) electrons. The molecule has 2 aliphatic rings. The highest BCUT2D eigenvalue weighted by Crippen LogP contribution is 2.40. The molecule has 27 heavy (non-hydrogen) atoms. The van der Waals surface area contributed by atoms with Crippen LogP contribution in [0.2, 0.25) is 5.02 Å². The Morgan fingerprint density at radius 3 is 2.63 bits per heavy atom. The average molecular weight is 397 g/mol. The molecule has 3 rings (SSSR count). The van der Waals surface area contributed by atoms with Gasteiger partial charge in [0.25, 0.3) is 5.91 Å². The SMILES string of the molecule is CC(C)N1CC2(CCC1=O)CCN(C(=O)COc1ccc(F)c(Cl)c1)CC2. The van der Waals surface area contributed by atoms with Crippen molar-refractivity contribution in [2.45, 2.75) is 45.6 Å². The molecule has 0 unspecified atom stereocenters. The third kappa shape index (κ3) is 4.54. The number of amides is 2. The molecule has 148 valence electrons. The molecule has 2 heterocycles. The highest BCUT2D eigenvalue weighted by molar-refractivity contribution is 6.30. The molecule has 2 saturated heterocycles. The van der Waals surface area contributed by atoms with Gasteiger partial charge in [0.15, 0.2) is 6.61 Å². The van der Waals surface area contributed by atoms with Crippen LogP contribution in [0.3, 0.4) is 0 Å². The molecule has 0 N–H and O–H groups in total. The van der Waals surface area contributed by atoms with Crippen molar-refractivity contribution in [2.24, 2.45) is 5.41 Å². The van der Waals surface area contributed by atoms with Crippen molar-refractivity contribution in [3.63, 3.8) is 0 Å². The fourth-order valence-corrected chi connectivity index (χ4v) is 4.13. The molecule has 0 aromatic heterocycles. The summed E-state index contributed by atoms with van der Waals surface area (Å²) in [6, 6.07) is 4.26. The lowest BCUT2D eigenvalue weighted by Gasteiger charge is -2.48. The number of halogens is 2. The molecule has 2 amide bonds. The van der Waals surface area contributed by atoms with E-state index in [4.69, 9.17) is 16.3 Å². The molecular weight excluding hydrogens is 371 g/mol. The van der Waals surface area contributed by atoms with Gasteiger partial charge in [0, 0.05) is 38.2 Å². The first-order chi connectivity index (χ1) is 12.8. The molecule has 1 aromatic rings. The summed E-state index contributed by atoms with van der Waals surface area (Å²) in [6.45, 7) is 6.14. The molecule has 0 aliphatic carbocycles. The lowest BCUT2D eigenvalue weighted by Crippen LogP contribution is -2.54. The number of ether oxygens (including phenoxy) is 1. The van der Waals surface area contributed by atoms with E-state index in [-0.39, 0.29) is 34.9 Å². The first kappa shape index (κ1) is 19.9. The Bertz CT molecular complexity index is 717. The van der Waals surface area contributed by atoms with Crippen molar-refractivity contribution in [3.8, 4) is 5.75 Å². The van der Waals surface area contributed by atoms with Crippen molar-refractivity contribution in [1.82, 2.24) is 9.80 Å². The number of hydrogen-bond acceptors (Lipinski definition) is 3. The quantitative estimate of drug-likeness (QED) is 0.782. The summed E-state index contributed by atoms with van der Waals surface area (Å²) in [5.41, 5.74) is 0.125. The maximum absolute atomic E-state index is 13.2. The van der Waals surface area contributed by atoms with Crippen LogP contribution in [0, 0.1) is 11.2 Å². The van der Waals surface area contributed by atoms with Gasteiger partial charge in [-0.3, -0.25) is 9.59 Å². The maximum atomic E-state index is 13.2. The van der Waals surface area contributed by atoms with Crippen LogP contribution in [-0.4, -0.2) is 53.9 Å². The van der Waals surface area contributed by atoms with Gasteiger partial charge in [0.05, 0.1) is 5.02 Å². The van der Waals surface area contributed by atoms with Crippen LogP contribution in [0.15, 0.2) is 18.2 Å². The summed E-state index contributed by atoms with van der Waals surface area (Å²) < 4.78 is 18.6. The summed E-state index contributed by atoms with van der Waals surface area (Å²) in [4.78, 5) is 28.3. The molecule has 1 spiro atoms. The van der Waals surface area contributed by atoms with Crippen molar-refractivity contribution in [2.75, 3.05) is 26.2 Å². The Hall–Kier alpha value is -1.82. The van der Waals surface area contributed by atoms with Crippen LogP contribution in [0.25, 0.3) is 0 Å². The minimum absolute atomic E-state index is 0.0265. The summed E-state index contributed by atoms with van der Waals surface area (Å²) in [5.74, 6) is 0.0121. The van der Waals surface area contributed by atoms with Gasteiger partial charge in [-0.05, 0) is 50.7 Å². The minimum Gasteiger partial charge on any atom is -0.484 e. The molecule has 0 atom stereocenters. The van der Waals surface area contributed by atoms with E-state index < -0.39 is 5.82 Å². The van der Waals surface area contributed by atoms with Crippen LogP contribution in [0.4, 0.5) is 4.39 Å². The molecule has 1 aromatic carbocycles. The van der Waals surface area contributed by atoms with Crippen LogP contribution in [-0.2, 0) is 9.59 Å². The predicted octanol–water partition coefficient (Wildman–Crippen LogP) is 3.50. The zero-order valence-corrected chi connectivity index (χ0v) is 16.6. The molecule has 2 fully saturated rings. The maximum Gasteiger partial charge on any atom is 0.260 e. The topological polar surface area (TPSA) is 49.9 Å². The summed E-state index contributed by atoms with van der Waals surface area (Å²) in [5, 5.41) is -0.0265. The molecule has 0 bridgehead atoms. The largest absolute Gasteiger partial charge is 0.484 e. The Balaban J connectivity index is 1.51. The highest BCUT2D eigenvalue weighted by atomic mass is 35.5. The molecule has 5 nitrogen and oxygen atoms in total. The van der Waals surface area contributed by atoms with Gasteiger partial charge in [0.2, 0.25) is 5.91 Å². The zero-order valence-electron chi connectivity index (χ0n) is 15.8. The van der Waals surface area contributed by atoms with Gasteiger partial charge in [0.1, 0.15) is 11.6 Å². The highest BCUT2D eigenvalue weighted by Gasteiger charge is 2.42. The Morgan fingerprint density at radius 1 is 1.30 bits per heavy atom. The number of piperidine rings is 2. The van der Waals surface area contributed by atoms with Crippen molar-refractivity contribution in [3.05, 3.63) is 29.0 Å². The first-order valence-corrected chi connectivity index (χ1v) is 9.83. The van der Waals surface area contributed by atoms with E-state index >= 15 is 0 Å². The Labute approximate surface area is 164 Å². The van der Waals surface area contributed by atoms with E-state index in [1.165, 1.54) is 18.2 Å². The van der Waals surface area contributed by atoms with E-state index in [2.05, 4.69) is 13.8 Å². The third-order valence-electron chi connectivity index (χ3n) is 5.75. The minimum atomic E-state index is -0.516. The lowest BCUT2D eigenvalue weighted by molar-refractivity contribution is -0.144. The fraction of sp³-hybridized carbons (Fsp3) is 0.600. The average Bonchev–Trinajstić information content (AvgIpc) is 2.65. The predicted molar refractivity (Wildman–Crippen MR) is 101 cm³/mol. The van der Waals surface area contributed by atoms with Gasteiger partial charge in [-0.1, -0.05) is 11.6 Å². The molecule has 7 heteroatoms. The fourth-order valence-electron chi connectivity index (χ4n) is 3.96. The Kier molecular flexibility index (Phi) is 5.94. The number of benzene rings is 1. The molecule has 2 aliphatic heterocycles. The van der Waals surface area contributed by atoms with Gasteiger partial charge in [-0.2, -0.15) is 0 Å². The molecule has 0 saturated carbocycles. The lowest BCUT2D eigenvalue weighted by atomic mass is 9.72. The summed E-state index contributed by atoms with van der Waals surface area (Å²) in [7, 11) is 0. The normalized spacial score (nSPS) is 19.7. The van der Waals surface area contributed by atoms with Gasteiger partial charge < -0.3 is 14.5 Å². The van der Waals surface area contributed by atoms with Crippen LogP contribution < -0.4 is 4.74 Å².